The number of nitrogens with zero attached hydrogens (tertiary/aromatic N) is 1. The molecule has 1 aromatic rings. The third kappa shape index (κ3) is 2.81. The summed E-state index contributed by atoms with van der Waals surface area (Å²) < 4.78 is 0. The Bertz CT molecular complexity index is 342. The van der Waals surface area contributed by atoms with E-state index >= 15 is 0 Å². The van der Waals surface area contributed by atoms with Crippen molar-refractivity contribution < 1.29 is 4.79 Å². The molecule has 1 aliphatic carbocycles. The Hall–Kier alpha value is -1.38. The van der Waals surface area contributed by atoms with Crippen LogP contribution in [-0.4, -0.2) is 16.9 Å². The third-order valence-corrected chi connectivity index (χ3v) is 3.29. The van der Waals surface area contributed by atoms with Crippen molar-refractivity contribution in [2.75, 3.05) is 0 Å². The van der Waals surface area contributed by atoms with Crippen molar-refractivity contribution in [1.29, 1.82) is 0 Å². The largest absolute Gasteiger partial charge is 0.349 e. The maximum absolute atomic E-state index is 11.9. The molecular weight excluding hydrogens is 200 g/mol. The lowest BCUT2D eigenvalue weighted by molar-refractivity contribution is 0.0923. The summed E-state index contributed by atoms with van der Waals surface area (Å²) in [6, 6.07) is 3.86. The number of carbonyl (C=O) groups excluding carboxylic acids is 1. The Morgan fingerprint density at radius 1 is 1.25 bits per heavy atom. The summed E-state index contributed by atoms with van der Waals surface area (Å²) >= 11 is 0. The van der Waals surface area contributed by atoms with E-state index in [1.807, 2.05) is 0 Å². The molecule has 0 aliphatic heterocycles. The van der Waals surface area contributed by atoms with Crippen LogP contribution in [0.3, 0.4) is 0 Å². The van der Waals surface area contributed by atoms with E-state index in [9.17, 15) is 4.79 Å². The summed E-state index contributed by atoms with van der Waals surface area (Å²) in [5.41, 5.74) is 0.702. The number of rotatable bonds is 2. The Balaban J connectivity index is 1.88. The molecule has 1 saturated carbocycles. The highest BCUT2D eigenvalue weighted by Crippen LogP contribution is 2.23. The molecule has 0 unspecified atom stereocenters. The normalized spacial score (nSPS) is 25.1. The van der Waals surface area contributed by atoms with Crippen LogP contribution in [0.15, 0.2) is 24.5 Å². The van der Waals surface area contributed by atoms with Crippen LogP contribution in [0.1, 0.15) is 43.0 Å². The van der Waals surface area contributed by atoms with Crippen molar-refractivity contribution in [3.63, 3.8) is 0 Å². The zero-order valence-corrected chi connectivity index (χ0v) is 9.65. The van der Waals surface area contributed by atoms with Crippen molar-refractivity contribution in [3.8, 4) is 0 Å². The van der Waals surface area contributed by atoms with Crippen molar-refractivity contribution in [2.24, 2.45) is 5.92 Å². The minimum absolute atomic E-state index is 0.0296. The van der Waals surface area contributed by atoms with E-state index in [-0.39, 0.29) is 5.91 Å². The molecule has 1 N–H and O–H groups in total. The summed E-state index contributed by atoms with van der Waals surface area (Å²) in [4.78, 5) is 15.8. The molecule has 1 aliphatic rings. The lowest BCUT2D eigenvalue weighted by Gasteiger charge is -2.26. The van der Waals surface area contributed by atoms with Crippen LogP contribution < -0.4 is 5.32 Å². The molecule has 0 bridgehead atoms. The van der Waals surface area contributed by atoms with Gasteiger partial charge in [0, 0.05) is 24.0 Å². The number of aromatic nitrogens is 1. The molecule has 86 valence electrons. The third-order valence-electron chi connectivity index (χ3n) is 3.29. The smallest absolute Gasteiger partial charge is 0.251 e. The zero-order valence-electron chi connectivity index (χ0n) is 9.65. The van der Waals surface area contributed by atoms with Gasteiger partial charge < -0.3 is 5.32 Å². The molecule has 1 heterocycles. The number of pyridine rings is 1. The van der Waals surface area contributed by atoms with E-state index in [0.717, 1.165) is 18.8 Å². The highest BCUT2D eigenvalue weighted by atomic mass is 16.1. The number of nitrogens with one attached hydrogen (secondary N) is 1. The molecular formula is C13H18N2O. The van der Waals surface area contributed by atoms with Gasteiger partial charge in [-0.25, -0.2) is 0 Å². The van der Waals surface area contributed by atoms with Gasteiger partial charge in [-0.3, -0.25) is 9.78 Å². The number of hydrogen-bond donors (Lipinski definition) is 1. The van der Waals surface area contributed by atoms with Crippen LogP contribution in [0.4, 0.5) is 0 Å². The van der Waals surface area contributed by atoms with Crippen LogP contribution in [0.2, 0.25) is 0 Å². The SMILES string of the molecule is CC1CCC(NC(=O)c2ccncc2)CC1. The molecule has 0 atom stereocenters. The minimum Gasteiger partial charge on any atom is -0.349 e. The maximum atomic E-state index is 11.9. The van der Waals surface area contributed by atoms with Crippen LogP contribution in [-0.2, 0) is 0 Å². The summed E-state index contributed by atoms with van der Waals surface area (Å²) in [6.45, 7) is 2.28. The van der Waals surface area contributed by atoms with E-state index in [1.165, 1.54) is 12.8 Å². The van der Waals surface area contributed by atoms with Crippen molar-refractivity contribution in [3.05, 3.63) is 30.1 Å². The number of carbonyl (C=O) groups is 1. The van der Waals surface area contributed by atoms with E-state index in [2.05, 4.69) is 17.2 Å². The van der Waals surface area contributed by atoms with Gasteiger partial charge in [0.1, 0.15) is 0 Å². The Labute approximate surface area is 96.3 Å². The fourth-order valence-corrected chi connectivity index (χ4v) is 2.18. The summed E-state index contributed by atoms with van der Waals surface area (Å²) in [6.07, 6.45) is 7.97. The molecule has 0 saturated heterocycles. The first-order chi connectivity index (χ1) is 7.75. The van der Waals surface area contributed by atoms with Gasteiger partial charge in [-0.2, -0.15) is 0 Å². The second-order valence-electron chi connectivity index (χ2n) is 4.67. The molecule has 16 heavy (non-hydrogen) atoms. The highest BCUT2D eigenvalue weighted by molar-refractivity contribution is 5.94. The van der Waals surface area contributed by atoms with Gasteiger partial charge in [0.2, 0.25) is 0 Å². The number of amides is 1. The molecule has 1 fully saturated rings. The van der Waals surface area contributed by atoms with Crippen LogP contribution in [0.25, 0.3) is 0 Å². The molecule has 2 rings (SSSR count). The van der Waals surface area contributed by atoms with Gasteiger partial charge >= 0.3 is 0 Å². The van der Waals surface area contributed by atoms with Crippen molar-refractivity contribution >= 4 is 5.91 Å². The topological polar surface area (TPSA) is 42.0 Å². The van der Waals surface area contributed by atoms with Crippen LogP contribution in [0, 0.1) is 5.92 Å². The summed E-state index contributed by atoms with van der Waals surface area (Å²) in [7, 11) is 0. The first-order valence-electron chi connectivity index (χ1n) is 5.96. The lowest BCUT2D eigenvalue weighted by Crippen LogP contribution is -2.37. The first-order valence-corrected chi connectivity index (χ1v) is 5.96. The average molecular weight is 218 g/mol. The van der Waals surface area contributed by atoms with Crippen molar-refractivity contribution in [1.82, 2.24) is 10.3 Å². The molecule has 3 heteroatoms. The average Bonchev–Trinajstić information content (AvgIpc) is 2.33. The van der Waals surface area contributed by atoms with Crippen molar-refractivity contribution in [2.45, 2.75) is 38.6 Å². The van der Waals surface area contributed by atoms with Crippen LogP contribution >= 0.6 is 0 Å². The van der Waals surface area contributed by atoms with E-state index in [4.69, 9.17) is 0 Å². The van der Waals surface area contributed by atoms with Gasteiger partial charge in [-0.1, -0.05) is 6.92 Å². The molecule has 1 aromatic heterocycles. The Morgan fingerprint density at radius 2 is 1.88 bits per heavy atom. The second-order valence-corrected chi connectivity index (χ2v) is 4.67. The summed E-state index contributed by atoms with van der Waals surface area (Å²) in [5.74, 6) is 0.844. The molecule has 0 radical (unpaired) electrons. The zero-order chi connectivity index (χ0) is 11.4. The first kappa shape index (κ1) is 11.1. The molecule has 1 amide bonds. The second kappa shape index (κ2) is 5.10. The van der Waals surface area contributed by atoms with Gasteiger partial charge in [0.15, 0.2) is 0 Å². The predicted octanol–water partition coefficient (Wildman–Crippen LogP) is 2.39. The molecule has 3 nitrogen and oxygen atoms in total. The van der Waals surface area contributed by atoms with Gasteiger partial charge in [-0.15, -0.1) is 0 Å². The van der Waals surface area contributed by atoms with E-state index in [1.54, 1.807) is 24.5 Å². The van der Waals surface area contributed by atoms with Gasteiger partial charge in [0.25, 0.3) is 5.91 Å². The lowest BCUT2D eigenvalue weighted by atomic mass is 9.87. The molecule has 0 spiro atoms. The maximum Gasteiger partial charge on any atom is 0.251 e. The fourth-order valence-electron chi connectivity index (χ4n) is 2.18. The van der Waals surface area contributed by atoms with Gasteiger partial charge in [-0.05, 0) is 43.7 Å². The van der Waals surface area contributed by atoms with Gasteiger partial charge in [0.05, 0.1) is 0 Å². The quantitative estimate of drug-likeness (QED) is 0.828. The molecule has 0 aromatic carbocycles. The predicted molar refractivity (Wildman–Crippen MR) is 63.1 cm³/mol. The van der Waals surface area contributed by atoms with E-state index in [0.29, 0.717) is 11.6 Å². The highest BCUT2D eigenvalue weighted by Gasteiger charge is 2.19. The van der Waals surface area contributed by atoms with Crippen LogP contribution in [0.5, 0.6) is 0 Å². The summed E-state index contributed by atoms with van der Waals surface area (Å²) in [5, 5.41) is 3.09. The van der Waals surface area contributed by atoms with E-state index < -0.39 is 0 Å². The standard InChI is InChI=1S/C13H18N2O/c1-10-2-4-12(5-3-10)15-13(16)11-6-8-14-9-7-11/h6-10,12H,2-5H2,1H3,(H,15,16). The fraction of sp³-hybridized carbons (Fsp3) is 0.538. The monoisotopic (exact) mass is 218 g/mol. The Morgan fingerprint density at radius 3 is 2.50 bits per heavy atom. The Kier molecular flexibility index (Phi) is 3.54. The minimum atomic E-state index is 0.0296. The number of hydrogen-bond acceptors (Lipinski definition) is 2.